The first-order valence-corrected chi connectivity index (χ1v) is 6.36. The van der Waals surface area contributed by atoms with Gasteiger partial charge in [-0.25, -0.2) is 8.78 Å². The molecule has 0 aliphatic heterocycles. The predicted octanol–water partition coefficient (Wildman–Crippen LogP) is 2.80. The molecular weight excluding hydrogens is 276 g/mol. The van der Waals surface area contributed by atoms with E-state index in [1.807, 2.05) is 0 Å². The Kier molecular flexibility index (Phi) is 4.07. The normalized spacial score (nSPS) is 10.4. The number of nitrogens with zero attached hydrogens (tertiary/aromatic N) is 1. The van der Waals surface area contributed by atoms with E-state index in [-0.39, 0.29) is 16.9 Å². The summed E-state index contributed by atoms with van der Waals surface area (Å²) in [7, 11) is 0. The average molecular weight is 291 g/mol. The van der Waals surface area contributed by atoms with Gasteiger partial charge >= 0.3 is 0 Å². The minimum atomic E-state index is -0.746. The van der Waals surface area contributed by atoms with E-state index in [1.54, 1.807) is 13.0 Å². The van der Waals surface area contributed by atoms with E-state index in [0.29, 0.717) is 12.2 Å². The van der Waals surface area contributed by atoms with Gasteiger partial charge in [-0.3, -0.25) is 4.79 Å². The molecule has 1 amide bonds. The summed E-state index contributed by atoms with van der Waals surface area (Å²) < 4.78 is 27.5. The first-order chi connectivity index (χ1) is 9.93. The van der Waals surface area contributed by atoms with E-state index >= 15 is 0 Å². The summed E-state index contributed by atoms with van der Waals surface area (Å²) in [6.07, 6.45) is 0. The highest BCUT2D eigenvalue weighted by Gasteiger charge is 2.17. The lowest BCUT2D eigenvalue weighted by Gasteiger charge is -2.24. The summed E-state index contributed by atoms with van der Waals surface area (Å²) in [6.45, 7) is 2.16. The maximum atomic E-state index is 14.1. The van der Waals surface area contributed by atoms with Gasteiger partial charge in [-0.2, -0.15) is 0 Å². The highest BCUT2D eigenvalue weighted by molar-refractivity contribution is 5.99. The van der Waals surface area contributed by atoms with Crippen molar-refractivity contribution in [3.05, 3.63) is 53.6 Å². The van der Waals surface area contributed by atoms with Crippen molar-refractivity contribution in [1.82, 2.24) is 0 Å². The van der Waals surface area contributed by atoms with E-state index in [4.69, 9.17) is 11.5 Å². The number of anilines is 3. The van der Waals surface area contributed by atoms with Crippen molar-refractivity contribution in [1.29, 1.82) is 0 Å². The summed E-state index contributed by atoms with van der Waals surface area (Å²) in [6, 6.07) is 8.07. The number of rotatable bonds is 4. The first kappa shape index (κ1) is 14.8. The van der Waals surface area contributed by atoms with E-state index in [9.17, 15) is 13.6 Å². The molecular formula is C15H15F2N3O. The highest BCUT2D eigenvalue weighted by Crippen LogP contribution is 2.31. The molecule has 0 atom stereocenters. The van der Waals surface area contributed by atoms with E-state index in [1.165, 1.54) is 29.2 Å². The molecule has 110 valence electrons. The number of amides is 1. The van der Waals surface area contributed by atoms with Crippen LogP contribution in [0.2, 0.25) is 0 Å². The van der Waals surface area contributed by atoms with Crippen LogP contribution in [-0.2, 0) is 0 Å². The van der Waals surface area contributed by atoms with Gasteiger partial charge in [-0.1, -0.05) is 6.07 Å². The van der Waals surface area contributed by atoms with Crippen LogP contribution in [-0.4, -0.2) is 12.5 Å². The minimum Gasteiger partial charge on any atom is -0.398 e. The van der Waals surface area contributed by atoms with Crippen molar-refractivity contribution < 1.29 is 13.6 Å². The van der Waals surface area contributed by atoms with Gasteiger partial charge < -0.3 is 16.4 Å². The summed E-state index contributed by atoms with van der Waals surface area (Å²) in [5, 5.41) is 0. The third kappa shape index (κ3) is 2.94. The Morgan fingerprint density at radius 1 is 1.24 bits per heavy atom. The molecule has 4 nitrogen and oxygen atoms in total. The minimum absolute atomic E-state index is 0.0287. The predicted molar refractivity (Wildman–Crippen MR) is 78.4 cm³/mol. The van der Waals surface area contributed by atoms with Crippen molar-refractivity contribution >= 4 is 23.0 Å². The molecule has 0 radical (unpaired) electrons. The zero-order valence-electron chi connectivity index (χ0n) is 11.4. The van der Waals surface area contributed by atoms with Crippen LogP contribution in [0.15, 0.2) is 36.4 Å². The Labute approximate surface area is 121 Å². The van der Waals surface area contributed by atoms with Gasteiger partial charge in [0.1, 0.15) is 11.6 Å². The van der Waals surface area contributed by atoms with Crippen molar-refractivity contribution in [2.24, 2.45) is 5.73 Å². The zero-order valence-corrected chi connectivity index (χ0v) is 11.4. The maximum Gasteiger partial charge on any atom is 0.250 e. The molecule has 0 unspecified atom stereocenters. The molecule has 2 rings (SSSR count). The average Bonchev–Trinajstić information content (AvgIpc) is 2.41. The molecule has 0 saturated heterocycles. The number of hydrogen-bond donors (Lipinski definition) is 2. The van der Waals surface area contributed by atoms with Gasteiger partial charge in [-0.05, 0) is 37.3 Å². The Morgan fingerprint density at radius 3 is 2.52 bits per heavy atom. The topological polar surface area (TPSA) is 72.3 Å². The molecule has 0 aliphatic rings. The Morgan fingerprint density at radius 2 is 1.95 bits per heavy atom. The van der Waals surface area contributed by atoms with Crippen molar-refractivity contribution in [2.75, 3.05) is 17.2 Å². The number of benzene rings is 2. The van der Waals surface area contributed by atoms with E-state index < -0.39 is 17.5 Å². The fourth-order valence-electron chi connectivity index (χ4n) is 2.13. The van der Waals surface area contributed by atoms with Crippen LogP contribution in [0.3, 0.4) is 0 Å². The Bertz CT molecular complexity index is 689. The number of carbonyl (C=O) groups is 1. The number of nitrogens with two attached hydrogens (primary N) is 2. The molecule has 0 fully saturated rings. The maximum absolute atomic E-state index is 14.1. The number of nitrogen functional groups attached to an aromatic ring is 1. The SMILES string of the molecule is CCN(c1cccc(F)c1)c1cc(C(N)=O)c(N)cc1F. The van der Waals surface area contributed by atoms with Crippen LogP contribution < -0.4 is 16.4 Å². The third-order valence-corrected chi connectivity index (χ3v) is 3.11. The lowest BCUT2D eigenvalue weighted by atomic mass is 10.1. The van der Waals surface area contributed by atoms with Gasteiger partial charge in [0.05, 0.1) is 11.3 Å². The van der Waals surface area contributed by atoms with E-state index in [0.717, 1.165) is 6.07 Å². The summed E-state index contributed by atoms with van der Waals surface area (Å²) in [4.78, 5) is 12.9. The number of primary amides is 1. The van der Waals surface area contributed by atoms with Crippen LogP contribution in [0.4, 0.5) is 25.8 Å². The van der Waals surface area contributed by atoms with Gasteiger partial charge in [0.15, 0.2) is 0 Å². The third-order valence-electron chi connectivity index (χ3n) is 3.11. The van der Waals surface area contributed by atoms with Gasteiger partial charge in [0.25, 0.3) is 5.91 Å². The molecule has 6 heteroatoms. The van der Waals surface area contributed by atoms with Crippen LogP contribution in [0.25, 0.3) is 0 Å². The molecule has 0 heterocycles. The molecule has 2 aromatic rings. The lowest BCUT2D eigenvalue weighted by Crippen LogP contribution is -2.20. The van der Waals surface area contributed by atoms with Crippen LogP contribution in [0.1, 0.15) is 17.3 Å². The quantitative estimate of drug-likeness (QED) is 0.851. The summed E-state index contributed by atoms with van der Waals surface area (Å²) >= 11 is 0. The summed E-state index contributed by atoms with van der Waals surface area (Å²) in [5.41, 5.74) is 11.4. The van der Waals surface area contributed by atoms with Crippen molar-refractivity contribution in [2.45, 2.75) is 6.92 Å². The van der Waals surface area contributed by atoms with E-state index in [2.05, 4.69) is 0 Å². The standard InChI is InChI=1S/C15H15F2N3O/c1-2-20(10-5-3-4-9(16)6-10)14-7-11(15(19)21)13(18)8-12(14)17/h3-8H,2,18H2,1H3,(H2,19,21). The molecule has 0 saturated carbocycles. The second-order valence-electron chi connectivity index (χ2n) is 4.48. The Balaban J connectivity index is 2.57. The smallest absolute Gasteiger partial charge is 0.250 e. The number of halogens is 2. The first-order valence-electron chi connectivity index (χ1n) is 6.36. The van der Waals surface area contributed by atoms with Crippen LogP contribution in [0, 0.1) is 11.6 Å². The van der Waals surface area contributed by atoms with Crippen LogP contribution in [0.5, 0.6) is 0 Å². The largest absolute Gasteiger partial charge is 0.398 e. The molecule has 0 spiro atoms. The molecule has 0 aliphatic carbocycles. The zero-order chi connectivity index (χ0) is 15.6. The van der Waals surface area contributed by atoms with Crippen LogP contribution >= 0.6 is 0 Å². The molecule has 0 aromatic heterocycles. The second-order valence-corrected chi connectivity index (χ2v) is 4.48. The molecule has 4 N–H and O–H groups in total. The summed E-state index contributed by atoms with van der Waals surface area (Å²) in [5.74, 6) is -1.79. The number of carbonyl (C=O) groups excluding carboxylic acids is 1. The molecule has 21 heavy (non-hydrogen) atoms. The molecule has 0 bridgehead atoms. The monoisotopic (exact) mass is 291 g/mol. The fraction of sp³-hybridized carbons (Fsp3) is 0.133. The van der Waals surface area contributed by atoms with Crippen molar-refractivity contribution in [3.8, 4) is 0 Å². The fourth-order valence-corrected chi connectivity index (χ4v) is 2.13. The highest BCUT2D eigenvalue weighted by atomic mass is 19.1. The van der Waals surface area contributed by atoms with Gasteiger partial charge in [0, 0.05) is 17.9 Å². The number of hydrogen-bond acceptors (Lipinski definition) is 3. The second kappa shape index (κ2) is 5.78. The molecule has 2 aromatic carbocycles. The lowest BCUT2D eigenvalue weighted by molar-refractivity contribution is 0.100. The van der Waals surface area contributed by atoms with Crippen molar-refractivity contribution in [3.63, 3.8) is 0 Å². The van der Waals surface area contributed by atoms with Gasteiger partial charge in [0.2, 0.25) is 0 Å². The Hall–Kier alpha value is -2.63. The van der Waals surface area contributed by atoms with Gasteiger partial charge in [-0.15, -0.1) is 0 Å².